The van der Waals surface area contributed by atoms with Crippen LogP contribution in [0.15, 0.2) is 64.6 Å². The topological polar surface area (TPSA) is 26.3 Å². The van der Waals surface area contributed by atoms with E-state index in [-0.39, 0.29) is 5.97 Å². The van der Waals surface area contributed by atoms with E-state index in [0.717, 1.165) is 21.7 Å². The molecule has 0 N–H and O–H groups in total. The van der Waals surface area contributed by atoms with Crippen LogP contribution < -0.4 is 5.19 Å². The highest BCUT2D eigenvalue weighted by molar-refractivity contribution is 9.10. The van der Waals surface area contributed by atoms with Crippen molar-refractivity contribution in [3.63, 3.8) is 0 Å². The number of rotatable bonds is 5. The van der Waals surface area contributed by atoms with E-state index in [2.05, 4.69) is 53.3 Å². The molecular weight excluding hydrogens is 368 g/mol. The molecule has 0 aliphatic carbocycles. The first kappa shape index (κ1) is 17.7. The number of carbonyl (C=O) groups excluding carboxylic acids is 1. The number of halogens is 1. The average molecular weight is 389 g/mol. The SMILES string of the molecule is COC(=O)/C(=C/c1ccccc1Br)C[Si](C)(C)c1ccccc1. The summed E-state index contributed by atoms with van der Waals surface area (Å²) in [5, 5.41) is 1.34. The first-order valence-electron chi connectivity index (χ1n) is 7.53. The Hall–Kier alpha value is -1.65. The summed E-state index contributed by atoms with van der Waals surface area (Å²) in [6, 6.07) is 19.1. The van der Waals surface area contributed by atoms with E-state index in [9.17, 15) is 4.79 Å². The molecule has 0 atom stereocenters. The molecule has 0 amide bonds. The lowest BCUT2D eigenvalue weighted by atomic mass is 10.1. The summed E-state index contributed by atoms with van der Waals surface area (Å²) in [5.74, 6) is -0.253. The van der Waals surface area contributed by atoms with Crippen LogP contribution in [-0.4, -0.2) is 21.2 Å². The van der Waals surface area contributed by atoms with Gasteiger partial charge in [0.2, 0.25) is 0 Å². The van der Waals surface area contributed by atoms with Gasteiger partial charge in [-0.3, -0.25) is 0 Å². The first-order valence-corrected chi connectivity index (χ1v) is 11.5. The molecule has 0 unspecified atom stereocenters. The van der Waals surface area contributed by atoms with E-state index in [1.807, 2.05) is 36.4 Å². The van der Waals surface area contributed by atoms with Crippen LogP contribution in [0.2, 0.25) is 19.1 Å². The monoisotopic (exact) mass is 388 g/mol. The van der Waals surface area contributed by atoms with Gasteiger partial charge in [-0.1, -0.05) is 82.7 Å². The quantitative estimate of drug-likeness (QED) is 0.424. The number of esters is 1. The van der Waals surface area contributed by atoms with Crippen molar-refractivity contribution in [3.8, 4) is 0 Å². The molecule has 0 saturated carbocycles. The van der Waals surface area contributed by atoms with E-state index in [1.54, 1.807) is 0 Å². The highest BCUT2D eigenvalue weighted by Crippen LogP contribution is 2.24. The van der Waals surface area contributed by atoms with Gasteiger partial charge < -0.3 is 4.74 Å². The minimum atomic E-state index is -1.78. The zero-order valence-electron chi connectivity index (χ0n) is 13.7. The van der Waals surface area contributed by atoms with E-state index < -0.39 is 8.07 Å². The predicted molar refractivity (Wildman–Crippen MR) is 103 cm³/mol. The van der Waals surface area contributed by atoms with Crippen molar-refractivity contribution in [2.24, 2.45) is 0 Å². The van der Waals surface area contributed by atoms with Gasteiger partial charge in [0.1, 0.15) is 0 Å². The third-order valence-electron chi connectivity index (χ3n) is 3.87. The van der Waals surface area contributed by atoms with Crippen molar-refractivity contribution in [2.75, 3.05) is 7.11 Å². The van der Waals surface area contributed by atoms with Crippen LogP contribution in [0.1, 0.15) is 5.56 Å². The van der Waals surface area contributed by atoms with Gasteiger partial charge in [0.05, 0.1) is 15.2 Å². The maximum atomic E-state index is 12.3. The van der Waals surface area contributed by atoms with Gasteiger partial charge in [-0.05, 0) is 23.7 Å². The number of hydrogen-bond acceptors (Lipinski definition) is 2. The van der Waals surface area contributed by atoms with Crippen LogP contribution in [0.5, 0.6) is 0 Å². The average Bonchev–Trinajstić information content (AvgIpc) is 2.56. The van der Waals surface area contributed by atoms with Gasteiger partial charge in [-0.15, -0.1) is 0 Å². The fourth-order valence-electron chi connectivity index (χ4n) is 2.56. The molecule has 23 heavy (non-hydrogen) atoms. The molecule has 0 aliphatic rings. The zero-order chi connectivity index (χ0) is 16.9. The number of hydrogen-bond donors (Lipinski definition) is 0. The van der Waals surface area contributed by atoms with Crippen LogP contribution >= 0.6 is 15.9 Å². The molecule has 0 aliphatic heterocycles. The zero-order valence-corrected chi connectivity index (χ0v) is 16.3. The smallest absolute Gasteiger partial charge is 0.333 e. The molecular formula is C19H21BrO2Si. The summed E-state index contributed by atoms with van der Waals surface area (Å²) < 4.78 is 5.98. The Kier molecular flexibility index (Phi) is 5.96. The second kappa shape index (κ2) is 7.75. The lowest BCUT2D eigenvalue weighted by molar-refractivity contribution is -0.135. The number of carbonyl (C=O) groups is 1. The largest absolute Gasteiger partial charge is 0.466 e. The van der Waals surface area contributed by atoms with E-state index in [4.69, 9.17) is 4.74 Å². The third-order valence-corrected chi connectivity index (χ3v) is 7.75. The fraction of sp³-hybridized carbons (Fsp3) is 0.211. The van der Waals surface area contributed by atoms with Crippen molar-refractivity contribution < 1.29 is 9.53 Å². The fourth-order valence-corrected chi connectivity index (χ4v) is 5.46. The molecule has 0 saturated heterocycles. The molecule has 0 aromatic heterocycles. The summed E-state index contributed by atoms with van der Waals surface area (Å²) in [4.78, 5) is 12.3. The van der Waals surface area contributed by atoms with E-state index in [1.165, 1.54) is 12.3 Å². The normalized spacial score (nSPS) is 12.1. The van der Waals surface area contributed by atoms with Gasteiger partial charge in [0.15, 0.2) is 0 Å². The van der Waals surface area contributed by atoms with Crippen molar-refractivity contribution in [1.29, 1.82) is 0 Å². The van der Waals surface area contributed by atoms with Gasteiger partial charge in [-0.2, -0.15) is 0 Å². The van der Waals surface area contributed by atoms with Crippen molar-refractivity contribution in [1.82, 2.24) is 0 Å². The molecule has 0 fully saturated rings. The van der Waals surface area contributed by atoms with Gasteiger partial charge in [0.25, 0.3) is 0 Å². The summed E-state index contributed by atoms with van der Waals surface area (Å²) in [5.41, 5.74) is 1.71. The second-order valence-electron chi connectivity index (χ2n) is 6.11. The summed E-state index contributed by atoms with van der Waals surface area (Å²) in [6.07, 6.45) is 1.94. The van der Waals surface area contributed by atoms with Gasteiger partial charge in [0, 0.05) is 10.0 Å². The highest BCUT2D eigenvalue weighted by Gasteiger charge is 2.27. The Balaban J connectivity index is 2.37. The molecule has 4 heteroatoms. The lowest BCUT2D eigenvalue weighted by Gasteiger charge is -2.24. The predicted octanol–water partition coefficient (Wildman–Crippen LogP) is 4.62. The molecule has 0 radical (unpaired) electrons. The Morgan fingerprint density at radius 3 is 2.30 bits per heavy atom. The third kappa shape index (κ3) is 4.66. The number of ether oxygens (including phenoxy) is 1. The summed E-state index contributed by atoms with van der Waals surface area (Å²) >= 11 is 3.54. The highest BCUT2D eigenvalue weighted by atomic mass is 79.9. The number of methoxy groups -OCH3 is 1. The van der Waals surface area contributed by atoms with Crippen molar-refractivity contribution >= 4 is 41.2 Å². The minimum absolute atomic E-state index is 0.253. The Bertz CT molecular complexity index is 708. The lowest BCUT2D eigenvalue weighted by Crippen LogP contribution is -2.42. The molecule has 0 bridgehead atoms. The molecule has 120 valence electrons. The maximum Gasteiger partial charge on any atom is 0.333 e. The molecule has 2 rings (SSSR count). The molecule has 0 heterocycles. The van der Waals surface area contributed by atoms with Gasteiger partial charge in [-0.25, -0.2) is 4.79 Å². The molecule has 2 aromatic carbocycles. The van der Waals surface area contributed by atoms with Crippen LogP contribution in [0.4, 0.5) is 0 Å². The standard InChI is InChI=1S/C19H21BrO2Si/c1-22-19(21)16(13-15-9-7-8-12-18(15)20)14-23(2,3)17-10-5-4-6-11-17/h4-13H,14H2,1-3H3/b16-13+. The Labute approximate surface area is 147 Å². The van der Waals surface area contributed by atoms with E-state index >= 15 is 0 Å². The second-order valence-corrected chi connectivity index (χ2v) is 11.7. The minimum Gasteiger partial charge on any atom is -0.466 e. The van der Waals surface area contributed by atoms with E-state index in [0.29, 0.717) is 0 Å². The van der Waals surface area contributed by atoms with Crippen LogP contribution in [-0.2, 0) is 9.53 Å². The van der Waals surface area contributed by atoms with Crippen LogP contribution in [0, 0.1) is 0 Å². The van der Waals surface area contributed by atoms with Crippen molar-refractivity contribution in [3.05, 3.63) is 70.2 Å². The summed E-state index contributed by atoms with van der Waals surface area (Å²) in [7, 11) is -0.339. The first-order chi connectivity index (χ1) is 10.9. The Morgan fingerprint density at radius 1 is 1.09 bits per heavy atom. The van der Waals surface area contributed by atoms with Crippen LogP contribution in [0.25, 0.3) is 6.08 Å². The number of benzene rings is 2. The molecule has 0 spiro atoms. The van der Waals surface area contributed by atoms with Crippen molar-refractivity contribution in [2.45, 2.75) is 19.1 Å². The molecule has 2 aromatic rings. The Morgan fingerprint density at radius 2 is 1.70 bits per heavy atom. The van der Waals surface area contributed by atoms with Crippen LogP contribution in [0.3, 0.4) is 0 Å². The summed E-state index contributed by atoms with van der Waals surface area (Å²) in [6.45, 7) is 4.55. The van der Waals surface area contributed by atoms with Gasteiger partial charge >= 0.3 is 5.97 Å². The maximum absolute atomic E-state index is 12.3. The molecule has 2 nitrogen and oxygen atoms in total.